The molecule has 0 rings (SSSR count). The van der Waals surface area contributed by atoms with Crippen LogP contribution in [0.2, 0.25) is 0 Å². The summed E-state index contributed by atoms with van der Waals surface area (Å²) in [7, 11) is 1.73. The third-order valence-corrected chi connectivity index (χ3v) is 2.83. The topological polar surface area (TPSA) is 41.5 Å². The van der Waals surface area contributed by atoms with Crippen molar-refractivity contribution in [2.24, 2.45) is 0 Å². The second-order valence-electron chi connectivity index (χ2n) is 4.92. The number of ether oxygens (including phenoxy) is 1. The Kier molecular flexibility index (Phi) is 8.90. The molecule has 0 heterocycles. The minimum Gasteiger partial charge on any atom is -0.389 e. The highest BCUT2D eigenvalue weighted by molar-refractivity contribution is 4.78. The third-order valence-electron chi connectivity index (χ3n) is 2.83. The van der Waals surface area contributed by atoms with Crippen molar-refractivity contribution in [1.82, 2.24) is 5.32 Å². The first-order chi connectivity index (χ1) is 7.55. The predicted molar refractivity (Wildman–Crippen MR) is 68.7 cm³/mol. The Bertz CT molecular complexity index is 160. The van der Waals surface area contributed by atoms with Crippen molar-refractivity contribution in [3.63, 3.8) is 0 Å². The second-order valence-corrected chi connectivity index (χ2v) is 4.92. The number of hydrogen-bond donors (Lipinski definition) is 2. The van der Waals surface area contributed by atoms with Gasteiger partial charge in [0.25, 0.3) is 0 Å². The van der Waals surface area contributed by atoms with Gasteiger partial charge in [-0.15, -0.1) is 0 Å². The van der Waals surface area contributed by atoms with Gasteiger partial charge >= 0.3 is 0 Å². The highest BCUT2D eigenvalue weighted by Crippen LogP contribution is 2.11. The number of methoxy groups -OCH3 is 1. The second kappa shape index (κ2) is 8.97. The van der Waals surface area contributed by atoms with Gasteiger partial charge in [-0.2, -0.15) is 0 Å². The SMILES string of the molecule is CCCCC(COC)NCC(C)(O)CCC. The van der Waals surface area contributed by atoms with Crippen molar-refractivity contribution in [2.45, 2.75) is 64.5 Å². The molecule has 0 fully saturated rings. The molecule has 3 heteroatoms. The van der Waals surface area contributed by atoms with Crippen LogP contribution in [-0.4, -0.2) is 37.0 Å². The smallest absolute Gasteiger partial charge is 0.0743 e. The molecule has 2 unspecified atom stereocenters. The quantitative estimate of drug-likeness (QED) is 0.606. The molecular formula is C13H29NO2. The largest absolute Gasteiger partial charge is 0.389 e. The molecule has 2 N–H and O–H groups in total. The summed E-state index contributed by atoms with van der Waals surface area (Å²) in [6, 6.07) is 0.369. The maximum atomic E-state index is 10.1. The zero-order chi connectivity index (χ0) is 12.4. The van der Waals surface area contributed by atoms with E-state index in [-0.39, 0.29) is 0 Å². The minimum absolute atomic E-state index is 0.369. The van der Waals surface area contributed by atoms with Crippen LogP contribution in [-0.2, 0) is 4.74 Å². The van der Waals surface area contributed by atoms with Crippen molar-refractivity contribution < 1.29 is 9.84 Å². The van der Waals surface area contributed by atoms with Crippen LogP contribution < -0.4 is 5.32 Å². The van der Waals surface area contributed by atoms with Gasteiger partial charge in [-0.1, -0.05) is 33.1 Å². The number of unbranched alkanes of at least 4 members (excludes halogenated alkanes) is 1. The van der Waals surface area contributed by atoms with Crippen LogP contribution in [0.25, 0.3) is 0 Å². The number of hydrogen-bond acceptors (Lipinski definition) is 3. The molecule has 98 valence electrons. The van der Waals surface area contributed by atoms with E-state index in [9.17, 15) is 5.11 Å². The summed E-state index contributed by atoms with van der Waals surface area (Å²) in [6.45, 7) is 7.56. The van der Waals surface area contributed by atoms with Crippen molar-refractivity contribution >= 4 is 0 Å². The molecule has 0 aromatic carbocycles. The van der Waals surface area contributed by atoms with E-state index in [0.717, 1.165) is 25.9 Å². The summed E-state index contributed by atoms with van der Waals surface area (Å²) in [6.07, 6.45) is 5.38. The molecular weight excluding hydrogens is 202 g/mol. The molecule has 0 radical (unpaired) electrons. The Morgan fingerprint density at radius 3 is 2.50 bits per heavy atom. The first-order valence-electron chi connectivity index (χ1n) is 6.50. The van der Waals surface area contributed by atoms with E-state index in [1.54, 1.807) is 7.11 Å². The monoisotopic (exact) mass is 231 g/mol. The maximum Gasteiger partial charge on any atom is 0.0743 e. The van der Waals surface area contributed by atoms with Gasteiger partial charge in [0.15, 0.2) is 0 Å². The maximum absolute atomic E-state index is 10.1. The van der Waals surface area contributed by atoms with Crippen molar-refractivity contribution in [1.29, 1.82) is 0 Å². The molecule has 0 amide bonds. The summed E-state index contributed by atoms with van der Waals surface area (Å²) in [4.78, 5) is 0. The normalized spacial score (nSPS) is 17.1. The van der Waals surface area contributed by atoms with Crippen molar-refractivity contribution in [3.8, 4) is 0 Å². The molecule has 0 aromatic heterocycles. The first-order valence-corrected chi connectivity index (χ1v) is 6.50. The van der Waals surface area contributed by atoms with Gasteiger partial charge in [0.2, 0.25) is 0 Å². The lowest BCUT2D eigenvalue weighted by Gasteiger charge is -2.26. The summed E-state index contributed by atoms with van der Waals surface area (Å²) >= 11 is 0. The lowest BCUT2D eigenvalue weighted by Crippen LogP contribution is -2.44. The van der Waals surface area contributed by atoms with Crippen LogP contribution in [0.5, 0.6) is 0 Å². The van der Waals surface area contributed by atoms with E-state index in [4.69, 9.17) is 4.74 Å². The van der Waals surface area contributed by atoms with Crippen LogP contribution in [0.15, 0.2) is 0 Å². The fourth-order valence-electron chi connectivity index (χ4n) is 1.89. The lowest BCUT2D eigenvalue weighted by atomic mass is 10.00. The number of nitrogens with one attached hydrogen (secondary N) is 1. The molecule has 0 aliphatic rings. The van der Waals surface area contributed by atoms with Gasteiger partial charge in [-0.3, -0.25) is 0 Å². The third kappa shape index (κ3) is 8.08. The summed E-state index contributed by atoms with van der Waals surface area (Å²) in [5.41, 5.74) is -0.590. The van der Waals surface area contributed by atoms with Crippen LogP contribution >= 0.6 is 0 Å². The molecule has 0 aliphatic carbocycles. The average Bonchev–Trinajstić information content (AvgIpc) is 2.22. The summed E-state index contributed by atoms with van der Waals surface area (Å²) < 4.78 is 5.18. The Hall–Kier alpha value is -0.120. The van der Waals surface area contributed by atoms with Gasteiger partial charge in [-0.05, 0) is 19.8 Å². The molecule has 0 aliphatic heterocycles. The minimum atomic E-state index is -0.590. The van der Waals surface area contributed by atoms with Crippen LogP contribution in [0, 0.1) is 0 Å². The molecule has 0 spiro atoms. The van der Waals surface area contributed by atoms with E-state index in [2.05, 4.69) is 19.2 Å². The van der Waals surface area contributed by atoms with E-state index in [1.165, 1.54) is 12.8 Å². The molecule has 3 nitrogen and oxygen atoms in total. The van der Waals surface area contributed by atoms with Gasteiger partial charge in [0.1, 0.15) is 0 Å². The van der Waals surface area contributed by atoms with E-state index >= 15 is 0 Å². The molecule has 2 atom stereocenters. The molecule has 0 saturated heterocycles. The molecule has 16 heavy (non-hydrogen) atoms. The fourth-order valence-corrected chi connectivity index (χ4v) is 1.89. The van der Waals surface area contributed by atoms with Gasteiger partial charge in [-0.25, -0.2) is 0 Å². The zero-order valence-corrected chi connectivity index (χ0v) is 11.4. The molecule has 0 aromatic rings. The van der Waals surface area contributed by atoms with Gasteiger partial charge < -0.3 is 15.2 Å². The Labute approximate surface area is 101 Å². The van der Waals surface area contributed by atoms with Crippen molar-refractivity contribution in [3.05, 3.63) is 0 Å². The average molecular weight is 231 g/mol. The van der Waals surface area contributed by atoms with Crippen LogP contribution in [0.3, 0.4) is 0 Å². The number of aliphatic hydroxyl groups is 1. The van der Waals surface area contributed by atoms with Crippen molar-refractivity contribution in [2.75, 3.05) is 20.3 Å². The molecule has 0 bridgehead atoms. The predicted octanol–water partition coefficient (Wildman–Crippen LogP) is 2.33. The molecule has 0 saturated carbocycles. The first kappa shape index (κ1) is 15.9. The van der Waals surface area contributed by atoms with Gasteiger partial charge in [0.05, 0.1) is 12.2 Å². The summed E-state index contributed by atoms with van der Waals surface area (Å²) in [5, 5.41) is 13.5. The van der Waals surface area contributed by atoms with Crippen LogP contribution in [0.4, 0.5) is 0 Å². The van der Waals surface area contributed by atoms with E-state index in [1.807, 2.05) is 6.92 Å². The zero-order valence-electron chi connectivity index (χ0n) is 11.4. The van der Waals surface area contributed by atoms with Gasteiger partial charge in [0, 0.05) is 19.7 Å². The Morgan fingerprint density at radius 1 is 1.31 bits per heavy atom. The highest BCUT2D eigenvalue weighted by atomic mass is 16.5. The highest BCUT2D eigenvalue weighted by Gasteiger charge is 2.20. The Morgan fingerprint density at radius 2 is 2.00 bits per heavy atom. The standard InChI is InChI=1S/C13H29NO2/c1-5-7-8-12(10-16-4)14-11-13(3,15)9-6-2/h12,14-15H,5-11H2,1-4H3. The van der Waals surface area contributed by atoms with E-state index < -0.39 is 5.60 Å². The number of rotatable bonds is 10. The van der Waals surface area contributed by atoms with Crippen LogP contribution in [0.1, 0.15) is 52.9 Å². The lowest BCUT2D eigenvalue weighted by molar-refractivity contribution is 0.0422. The summed E-state index contributed by atoms with van der Waals surface area (Å²) in [5.74, 6) is 0. The Balaban J connectivity index is 3.89. The fraction of sp³-hybridized carbons (Fsp3) is 1.00. The van der Waals surface area contributed by atoms with E-state index in [0.29, 0.717) is 12.6 Å².